The zero-order valence-corrected chi connectivity index (χ0v) is 13.9. The van der Waals surface area contributed by atoms with Crippen LogP contribution in [0.5, 0.6) is 5.75 Å². The molecule has 7 heteroatoms. The fraction of sp³-hybridized carbons (Fsp3) is 0.714. The summed E-state index contributed by atoms with van der Waals surface area (Å²) in [4.78, 5) is 0. The van der Waals surface area contributed by atoms with Crippen molar-refractivity contribution in [3.05, 3.63) is 11.4 Å². The van der Waals surface area contributed by atoms with E-state index in [2.05, 4.69) is 5.32 Å². The fourth-order valence-corrected chi connectivity index (χ4v) is 5.58. The maximum atomic E-state index is 12.6. The maximum Gasteiger partial charge on any atom is 0.256 e. The van der Waals surface area contributed by atoms with Crippen LogP contribution in [0.4, 0.5) is 0 Å². The van der Waals surface area contributed by atoms with Crippen LogP contribution >= 0.6 is 11.3 Å². The van der Waals surface area contributed by atoms with Gasteiger partial charge in [-0.2, -0.15) is 4.31 Å². The summed E-state index contributed by atoms with van der Waals surface area (Å²) in [6.45, 7) is 2.27. The van der Waals surface area contributed by atoms with E-state index in [4.69, 9.17) is 4.74 Å². The molecule has 5 nitrogen and oxygen atoms in total. The van der Waals surface area contributed by atoms with Crippen LogP contribution in [-0.2, 0) is 10.0 Å². The Morgan fingerprint density at radius 3 is 2.67 bits per heavy atom. The Hall–Kier alpha value is -0.630. The molecule has 2 aliphatic rings. The van der Waals surface area contributed by atoms with Gasteiger partial charge in [-0.1, -0.05) is 0 Å². The number of nitrogens with one attached hydrogen (secondary N) is 1. The van der Waals surface area contributed by atoms with Gasteiger partial charge in [0.05, 0.1) is 7.11 Å². The van der Waals surface area contributed by atoms with Crippen LogP contribution in [0, 0.1) is 5.92 Å². The summed E-state index contributed by atoms with van der Waals surface area (Å²) < 4.78 is 32.4. The Morgan fingerprint density at radius 1 is 1.33 bits per heavy atom. The highest BCUT2D eigenvalue weighted by Crippen LogP contribution is 2.33. The van der Waals surface area contributed by atoms with Gasteiger partial charge in [0.25, 0.3) is 10.0 Å². The van der Waals surface area contributed by atoms with E-state index in [-0.39, 0.29) is 0 Å². The van der Waals surface area contributed by atoms with E-state index in [0.717, 1.165) is 25.3 Å². The lowest BCUT2D eigenvalue weighted by atomic mass is 10.1. The van der Waals surface area contributed by atoms with Crippen LogP contribution in [0.3, 0.4) is 0 Å². The summed E-state index contributed by atoms with van der Waals surface area (Å²) in [5.74, 6) is 1.32. The summed E-state index contributed by atoms with van der Waals surface area (Å²) in [7, 11) is -1.90. The number of hydrogen-bond acceptors (Lipinski definition) is 5. The third-order valence-electron chi connectivity index (χ3n) is 4.24. The van der Waals surface area contributed by atoms with E-state index in [1.54, 1.807) is 15.8 Å². The first-order valence-electron chi connectivity index (χ1n) is 7.46. The lowest BCUT2D eigenvalue weighted by molar-refractivity contribution is 0.287. The van der Waals surface area contributed by atoms with Crippen molar-refractivity contribution in [3.63, 3.8) is 0 Å². The second kappa shape index (κ2) is 6.24. The molecule has 0 radical (unpaired) electrons. The molecule has 0 amide bonds. The second-order valence-corrected chi connectivity index (χ2v) is 8.86. The third kappa shape index (κ3) is 3.41. The summed E-state index contributed by atoms with van der Waals surface area (Å²) in [6, 6.07) is 2.17. The van der Waals surface area contributed by atoms with E-state index >= 15 is 0 Å². The Morgan fingerprint density at radius 2 is 2.05 bits per heavy atom. The van der Waals surface area contributed by atoms with E-state index in [9.17, 15) is 8.42 Å². The molecule has 1 N–H and O–H groups in total. The SMILES string of the molecule is COc1ccsc1S(=O)(=O)N1CCC(NCC2CC2)CC1. The Bertz CT molecular complexity index is 573. The van der Waals surface area contributed by atoms with E-state index in [1.165, 1.54) is 31.3 Å². The molecule has 1 aliphatic heterocycles. The molecule has 0 spiro atoms. The van der Waals surface area contributed by atoms with Crippen molar-refractivity contribution in [1.29, 1.82) is 0 Å². The zero-order valence-electron chi connectivity index (χ0n) is 12.2. The number of sulfonamides is 1. The van der Waals surface area contributed by atoms with Crippen LogP contribution in [0.25, 0.3) is 0 Å². The van der Waals surface area contributed by atoms with Crippen LogP contribution < -0.4 is 10.1 Å². The number of hydrogen-bond donors (Lipinski definition) is 1. The number of piperidine rings is 1. The average Bonchev–Trinajstić information content (AvgIpc) is 3.19. The van der Waals surface area contributed by atoms with Crippen molar-refractivity contribution in [2.45, 2.75) is 35.9 Å². The van der Waals surface area contributed by atoms with Crippen molar-refractivity contribution in [2.75, 3.05) is 26.7 Å². The molecule has 0 aromatic carbocycles. The summed E-state index contributed by atoms with van der Waals surface area (Å²) >= 11 is 1.23. The smallest absolute Gasteiger partial charge is 0.256 e. The van der Waals surface area contributed by atoms with Crippen molar-refractivity contribution in [2.24, 2.45) is 5.92 Å². The molecule has 1 saturated heterocycles. The van der Waals surface area contributed by atoms with E-state index in [1.807, 2.05) is 0 Å². The molecule has 1 aromatic rings. The van der Waals surface area contributed by atoms with E-state index in [0.29, 0.717) is 29.1 Å². The minimum Gasteiger partial charge on any atom is -0.494 e. The molecule has 1 saturated carbocycles. The van der Waals surface area contributed by atoms with Crippen LogP contribution in [-0.4, -0.2) is 45.5 Å². The van der Waals surface area contributed by atoms with Gasteiger partial charge in [-0.05, 0) is 49.6 Å². The molecular weight excluding hydrogens is 308 g/mol. The highest BCUT2D eigenvalue weighted by atomic mass is 32.2. The first-order chi connectivity index (χ1) is 10.1. The van der Waals surface area contributed by atoms with Crippen molar-refractivity contribution in [1.82, 2.24) is 9.62 Å². The first-order valence-corrected chi connectivity index (χ1v) is 9.78. The molecule has 2 fully saturated rings. The number of ether oxygens (including phenoxy) is 1. The predicted molar refractivity (Wildman–Crippen MR) is 83.4 cm³/mol. The summed E-state index contributed by atoms with van der Waals surface area (Å²) in [5, 5.41) is 5.33. The Labute approximate surface area is 130 Å². The first kappa shape index (κ1) is 15.3. The molecular formula is C14H22N2O3S2. The molecule has 0 bridgehead atoms. The van der Waals surface area contributed by atoms with Crippen LogP contribution in [0.1, 0.15) is 25.7 Å². The van der Waals surface area contributed by atoms with Gasteiger partial charge in [-0.3, -0.25) is 0 Å². The minimum absolute atomic E-state index is 0.328. The van der Waals surface area contributed by atoms with Crippen molar-refractivity contribution >= 4 is 21.4 Å². The monoisotopic (exact) mass is 330 g/mol. The largest absolute Gasteiger partial charge is 0.494 e. The molecule has 1 aliphatic carbocycles. The molecule has 0 atom stereocenters. The van der Waals surface area contributed by atoms with Gasteiger partial charge in [0.1, 0.15) is 5.75 Å². The Balaban J connectivity index is 1.60. The quantitative estimate of drug-likeness (QED) is 0.866. The molecule has 3 rings (SSSR count). The van der Waals surface area contributed by atoms with Crippen LogP contribution in [0.2, 0.25) is 0 Å². The topological polar surface area (TPSA) is 58.6 Å². The molecule has 118 valence electrons. The standard InChI is InChI=1S/C14H22N2O3S2/c1-19-13-6-9-20-14(13)21(17,18)16-7-4-12(5-8-16)15-10-11-2-3-11/h6,9,11-12,15H,2-5,7-8,10H2,1H3. The van der Waals surface area contributed by atoms with Crippen molar-refractivity contribution < 1.29 is 13.2 Å². The highest BCUT2D eigenvalue weighted by molar-refractivity contribution is 7.91. The van der Waals surface area contributed by atoms with E-state index < -0.39 is 10.0 Å². The van der Waals surface area contributed by atoms with Gasteiger partial charge in [0, 0.05) is 19.1 Å². The average molecular weight is 330 g/mol. The maximum absolute atomic E-state index is 12.6. The third-order valence-corrected chi connectivity index (χ3v) is 7.56. The zero-order chi connectivity index (χ0) is 14.9. The van der Waals surface area contributed by atoms with Gasteiger partial charge in [0.2, 0.25) is 0 Å². The van der Waals surface area contributed by atoms with Gasteiger partial charge in [0.15, 0.2) is 4.21 Å². The number of rotatable bonds is 6. The van der Waals surface area contributed by atoms with Gasteiger partial charge >= 0.3 is 0 Å². The van der Waals surface area contributed by atoms with Gasteiger partial charge in [-0.25, -0.2) is 8.42 Å². The molecule has 0 unspecified atom stereocenters. The van der Waals surface area contributed by atoms with Gasteiger partial charge in [-0.15, -0.1) is 11.3 Å². The predicted octanol–water partition coefficient (Wildman–Crippen LogP) is 1.91. The number of methoxy groups -OCH3 is 1. The molecule has 1 aromatic heterocycles. The van der Waals surface area contributed by atoms with Gasteiger partial charge < -0.3 is 10.1 Å². The number of nitrogens with zero attached hydrogens (tertiary/aromatic N) is 1. The summed E-state index contributed by atoms with van der Waals surface area (Å²) in [6.07, 6.45) is 4.47. The van der Waals surface area contributed by atoms with Crippen LogP contribution in [0.15, 0.2) is 15.7 Å². The Kier molecular flexibility index (Phi) is 4.54. The lowest BCUT2D eigenvalue weighted by Gasteiger charge is -2.31. The fourth-order valence-electron chi connectivity index (χ4n) is 2.70. The molecule has 2 heterocycles. The normalized spacial score (nSPS) is 21.6. The van der Waals surface area contributed by atoms with Crippen molar-refractivity contribution in [3.8, 4) is 5.75 Å². The summed E-state index contributed by atoms with van der Waals surface area (Å²) in [5.41, 5.74) is 0. The lowest BCUT2D eigenvalue weighted by Crippen LogP contribution is -2.45. The highest BCUT2D eigenvalue weighted by Gasteiger charge is 2.32. The molecule has 21 heavy (non-hydrogen) atoms. The number of thiophene rings is 1. The minimum atomic E-state index is -3.40. The second-order valence-electron chi connectivity index (χ2n) is 5.81.